The maximum atomic E-state index is 13.4. The number of esters is 1. The average molecular weight is 1830 g/mol. The van der Waals surface area contributed by atoms with Crippen LogP contribution in [0.5, 0.6) is 63.2 Å². The first kappa shape index (κ1) is 108. The van der Waals surface area contributed by atoms with Crippen LogP contribution in [0.25, 0.3) is 0 Å². The molecular weight excluding hydrogens is 1670 g/mol. The number of nitrogens with one attached hydrogen (secondary N) is 2. The number of ether oxygens (including phenoxy) is 13. The van der Waals surface area contributed by atoms with E-state index in [-0.39, 0.29) is 39.5 Å². The van der Waals surface area contributed by atoms with Crippen LogP contribution in [0, 0.1) is 0 Å². The highest BCUT2D eigenvalue weighted by Crippen LogP contribution is 2.36. The van der Waals surface area contributed by atoms with Crippen molar-refractivity contribution < 1.29 is 76.0 Å². The van der Waals surface area contributed by atoms with E-state index in [9.17, 15) is 14.4 Å². The summed E-state index contributed by atoms with van der Waals surface area (Å²) < 4.78 is 82.0. The van der Waals surface area contributed by atoms with Gasteiger partial charge in [0.1, 0.15) is 104 Å². The minimum Gasteiger partial charge on any atom is -0.494 e. The van der Waals surface area contributed by atoms with E-state index in [4.69, 9.17) is 61.6 Å². The number of carbonyl (C=O) groups excluding carboxylic acids is 3. The van der Waals surface area contributed by atoms with Crippen LogP contribution in [0.2, 0.25) is 0 Å². The van der Waals surface area contributed by atoms with E-state index in [1.165, 1.54) is 245 Å². The molecule has 0 saturated heterocycles. The highest BCUT2D eigenvalue weighted by Gasteiger charge is 2.28. The predicted molar refractivity (Wildman–Crippen MR) is 538 cm³/mol. The summed E-state index contributed by atoms with van der Waals surface area (Å²) in [6.45, 7) is 20.2. The quantitative estimate of drug-likeness (QED) is 0.0270. The number of hydrogen-bond donors (Lipinski definition) is 2. The Kier molecular flexibility index (Phi) is 53.8. The van der Waals surface area contributed by atoms with Crippen LogP contribution < -0.4 is 62.7 Å². The molecule has 0 aliphatic rings. The molecule has 0 heterocycles. The Morgan fingerprint density at radius 1 is 0.263 bits per heavy atom. The molecule has 0 fully saturated rings. The molecule has 0 spiro atoms. The van der Waals surface area contributed by atoms with Crippen molar-refractivity contribution in [3.63, 3.8) is 0 Å². The molecule has 8 aromatic rings. The molecule has 0 aliphatic carbocycles. The van der Waals surface area contributed by atoms with Crippen LogP contribution in [0.1, 0.15) is 357 Å². The minimum atomic E-state index is -1.05. The lowest BCUT2D eigenvalue weighted by atomic mass is 10.1. The summed E-state index contributed by atoms with van der Waals surface area (Å²) in [4.78, 5) is 39.0. The summed E-state index contributed by atoms with van der Waals surface area (Å²) in [5.74, 6) is 6.07. The molecule has 2 N–H and O–H groups in total. The van der Waals surface area contributed by atoms with Gasteiger partial charge >= 0.3 is 12.1 Å². The minimum absolute atomic E-state index is 0.103. The van der Waals surface area contributed by atoms with Gasteiger partial charge in [-0.3, -0.25) is 4.79 Å². The van der Waals surface area contributed by atoms with Crippen LogP contribution >= 0.6 is 0 Å². The van der Waals surface area contributed by atoms with Gasteiger partial charge in [0.15, 0.2) is 23.0 Å². The van der Waals surface area contributed by atoms with Crippen LogP contribution in [0.4, 0.5) is 4.79 Å². The standard InChI is InChI=1S/C115H164N2O16/c1-10-14-18-22-26-30-34-38-42-46-74-122-100-64-52-93(53-65-100)84-129-108-72-60-97(81-110(108)131-86-95-56-68-102(69-57-95)124-76-48-44-40-36-32-28-24-20-16-12-3)88-127-105-78-99(90-126-104-62-50-92(51-63-104)80-107(113(119)121-9)117-112(118)91(5)116-114(120)133-115(6,7)8)79-106(83-105)128-89-98-61-73-109(130-85-94-54-66-101(67-55-94)123-75-47-43-39-35-31-27-23-19-15-11-2)111(82-98)132-87-96-58-70-103(71-59-96)125-77-49-45-41-37-33-29-25-21-17-13-4/h50-73,78-79,81-83,91,107H,10-49,74-77,80,84-90H2,1-9H3,(H,116,120)(H,117,118). The third kappa shape index (κ3) is 47.5. The molecule has 0 radical (unpaired) electrons. The predicted octanol–water partition coefficient (Wildman–Crippen LogP) is 30.1. The Labute approximate surface area is 799 Å². The lowest BCUT2D eigenvalue weighted by Crippen LogP contribution is -2.51. The number of benzene rings is 8. The molecular formula is C115H164N2O16. The van der Waals surface area contributed by atoms with Crippen molar-refractivity contribution in [2.24, 2.45) is 0 Å². The van der Waals surface area contributed by atoms with E-state index in [0.717, 1.165) is 93.2 Å². The lowest BCUT2D eigenvalue weighted by molar-refractivity contribution is -0.145. The number of alkyl carbamates (subject to hydrolysis) is 1. The van der Waals surface area contributed by atoms with Gasteiger partial charge in [0.25, 0.3) is 0 Å². The fourth-order valence-corrected chi connectivity index (χ4v) is 15.8. The summed E-state index contributed by atoms with van der Waals surface area (Å²) in [5.41, 5.74) is 6.35. The molecule has 0 aliphatic heterocycles. The van der Waals surface area contributed by atoms with Crippen molar-refractivity contribution in [2.75, 3.05) is 33.5 Å². The van der Waals surface area contributed by atoms with Crippen molar-refractivity contribution in [2.45, 2.75) is 383 Å². The second kappa shape index (κ2) is 66.2. The normalized spacial score (nSPS) is 11.7. The fourth-order valence-electron chi connectivity index (χ4n) is 15.8. The maximum Gasteiger partial charge on any atom is 0.408 e. The van der Waals surface area contributed by atoms with Crippen LogP contribution in [0.3, 0.4) is 0 Å². The summed E-state index contributed by atoms with van der Waals surface area (Å²) in [7, 11) is 1.26. The molecule has 8 rings (SSSR count). The topological polar surface area (TPSA) is 195 Å². The number of amides is 2. The third-order valence-electron chi connectivity index (χ3n) is 23.8. The summed E-state index contributed by atoms with van der Waals surface area (Å²) in [6.07, 6.45) is 50.4. The van der Waals surface area contributed by atoms with Gasteiger partial charge in [0.05, 0.1) is 33.5 Å². The van der Waals surface area contributed by atoms with Gasteiger partial charge in [-0.2, -0.15) is 0 Å². The molecule has 0 bridgehead atoms. The van der Waals surface area contributed by atoms with Gasteiger partial charge in [-0.25, -0.2) is 9.59 Å². The van der Waals surface area contributed by atoms with E-state index >= 15 is 0 Å². The van der Waals surface area contributed by atoms with Crippen molar-refractivity contribution in [3.05, 3.63) is 220 Å². The summed E-state index contributed by atoms with van der Waals surface area (Å²) in [6, 6.07) is 55.4. The van der Waals surface area contributed by atoms with Crippen LogP contribution in [0.15, 0.2) is 176 Å². The Morgan fingerprint density at radius 2 is 0.519 bits per heavy atom. The van der Waals surface area contributed by atoms with Gasteiger partial charge in [-0.05, 0) is 195 Å². The highest BCUT2D eigenvalue weighted by atomic mass is 16.6. The number of methoxy groups -OCH3 is 1. The summed E-state index contributed by atoms with van der Waals surface area (Å²) in [5, 5.41) is 5.27. The molecule has 2 unspecified atom stereocenters. The largest absolute Gasteiger partial charge is 0.494 e. The van der Waals surface area contributed by atoms with Crippen molar-refractivity contribution in [1.29, 1.82) is 0 Å². The van der Waals surface area contributed by atoms with Crippen molar-refractivity contribution in [3.8, 4) is 63.2 Å². The van der Waals surface area contributed by atoms with E-state index in [1.54, 1.807) is 32.9 Å². The maximum absolute atomic E-state index is 13.4. The Morgan fingerprint density at radius 3 is 0.820 bits per heavy atom. The van der Waals surface area contributed by atoms with Gasteiger partial charge in [0, 0.05) is 12.5 Å². The summed E-state index contributed by atoms with van der Waals surface area (Å²) >= 11 is 0. The zero-order chi connectivity index (χ0) is 94.2. The molecule has 2 amide bonds. The zero-order valence-electron chi connectivity index (χ0n) is 82.7. The van der Waals surface area contributed by atoms with Crippen molar-refractivity contribution in [1.82, 2.24) is 10.6 Å². The first-order chi connectivity index (χ1) is 65.0. The molecule has 730 valence electrons. The Balaban J connectivity index is 0.990. The Bertz CT molecular complexity index is 4180. The SMILES string of the molecule is CCCCCCCCCCCCOc1ccc(COc2ccc(COc3cc(COc4ccc(CC(NC(=O)C(C)NC(=O)OC(C)(C)C)C(=O)OC)cc4)cc(OCc4ccc(OCc5ccc(OCCCCCCCCCCCC)cc5)c(OCc5ccc(OCCCCCCCCCCCC)cc5)c4)c3)cc2OCc2ccc(OCCCCCCCCCCCC)cc2)cc1. The van der Waals surface area contributed by atoms with Gasteiger partial charge in [-0.15, -0.1) is 0 Å². The first-order valence-electron chi connectivity index (χ1n) is 51.2. The lowest BCUT2D eigenvalue weighted by Gasteiger charge is -2.23. The third-order valence-corrected chi connectivity index (χ3v) is 23.8. The van der Waals surface area contributed by atoms with Crippen LogP contribution in [-0.2, 0) is 71.7 Å². The first-order valence-corrected chi connectivity index (χ1v) is 51.2. The average Bonchev–Trinajstić information content (AvgIpc) is 0.836. The van der Waals surface area contributed by atoms with Crippen LogP contribution in [-0.4, -0.2) is 69.2 Å². The monoisotopic (exact) mass is 1830 g/mol. The van der Waals surface area contributed by atoms with E-state index in [0.29, 0.717) is 79.9 Å². The molecule has 2 atom stereocenters. The Hall–Kier alpha value is -10.2. The molecule has 8 aromatic carbocycles. The van der Waals surface area contributed by atoms with Crippen molar-refractivity contribution >= 4 is 18.0 Å². The van der Waals surface area contributed by atoms with Gasteiger partial charge in [0.2, 0.25) is 5.91 Å². The molecule has 133 heavy (non-hydrogen) atoms. The molecule has 18 heteroatoms. The number of carbonyl (C=O) groups is 3. The van der Waals surface area contributed by atoms with E-state index in [2.05, 4.69) is 86.9 Å². The number of rotatable bonds is 75. The smallest absolute Gasteiger partial charge is 0.408 e. The highest BCUT2D eigenvalue weighted by molar-refractivity contribution is 5.89. The second-order valence-corrected chi connectivity index (χ2v) is 36.9. The van der Waals surface area contributed by atoms with E-state index in [1.807, 2.05) is 115 Å². The molecule has 0 aromatic heterocycles. The van der Waals surface area contributed by atoms with Gasteiger partial charge in [-0.1, -0.05) is 332 Å². The number of unbranched alkanes of at least 4 members (excludes halogenated alkanes) is 36. The molecule has 18 nitrogen and oxygen atoms in total. The fraction of sp³-hybridized carbons (Fsp3) is 0.557. The van der Waals surface area contributed by atoms with Gasteiger partial charge < -0.3 is 72.2 Å². The molecule has 0 saturated carbocycles. The second-order valence-electron chi connectivity index (χ2n) is 36.9. The van der Waals surface area contributed by atoms with E-state index < -0.39 is 35.7 Å². The zero-order valence-corrected chi connectivity index (χ0v) is 82.7. The number of hydrogen-bond acceptors (Lipinski definition) is 16.